The number of rotatable bonds is 11. The third-order valence-corrected chi connectivity index (χ3v) is 6.88. The summed E-state index contributed by atoms with van der Waals surface area (Å²) in [5, 5.41) is 12.9. The van der Waals surface area contributed by atoms with Gasteiger partial charge >= 0.3 is 0 Å². The number of hydrogen-bond donors (Lipinski definition) is 1. The molecule has 1 aromatic heterocycles. The molecular weight excluding hydrogens is 559 g/mol. The number of aryl methyl sites for hydroxylation is 3. The largest absolute Gasteiger partial charge is 0.489 e. The molecule has 11 heteroatoms. The highest BCUT2D eigenvalue weighted by Crippen LogP contribution is 2.28. The van der Waals surface area contributed by atoms with Crippen molar-refractivity contribution in [3.05, 3.63) is 98.4 Å². The van der Waals surface area contributed by atoms with Gasteiger partial charge in [0.05, 0.1) is 17.0 Å². The summed E-state index contributed by atoms with van der Waals surface area (Å²) in [6.07, 6.45) is 1.56. The molecule has 0 aliphatic carbocycles. The van der Waals surface area contributed by atoms with Gasteiger partial charge in [-0.1, -0.05) is 52.7 Å². The van der Waals surface area contributed by atoms with Gasteiger partial charge in [-0.2, -0.15) is 5.10 Å². The minimum atomic E-state index is -0.316. The summed E-state index contributed by atoms with van der Waals surface area (Å²) in [5.41, 5.74) is 8.18. The first-order valence-electron chi connectivity index (χ1n) is 11.9. The molecule has 0 aliphatic rings. The molecule has 39 heavy (non-hydrogen) atoms. The molecular formula is C28H26Cl2N4O4S. The van der Waals surface area contributed by atoms with Crippen molar-refractivity contribution in [2.45, 2.75) is 39.2 Å². The number of carbonyl (C=O) groups excluding carboxylic acids is 1. The number of carbonyl (C=O) groups is 1. The SMILES string of the molecule is Cc1cc(C)c(COc2ccc(/C=N\NC(=O)CSc3nnc(COc4ccc(Cl)cc4Cl)o3)cc2)c(C)c1. The fraction of sp³-hybridized carbons (Fsp3) is 0.214. The van der Waals surface area contributed by atoms with Crippen molar-refractivity contribution in [1.82, 2.24) is 15.6 Å². The van der Waals surface area contributed by atoms with E-state index < -0.39 is 0 Å². The number of nitrogens with zero attached hydrogens (tertiary/aromatic N) is 3. The van der Waals surface area contributed by atoms with E-state index in [1.807, 2.05) is 24.3 Å². The molecule has 0 radical (unpaired) electrons. The van der Waals surface area contributed by atoms with Crippen molar-refractivity contribution in [1.29, 1.82) is 0 Å². The Morgan fingerprint density at radius 2 is 1.74 bits per heavy atom. The van der Waals surface area contributed by atoms with E-state index in [0.717, 1.165) is 23.1 Å². The molecule has 0 saturated heterocycles. The van der Waals surface area contributed by atoms with Crippen molar-refractivity contribution in [3.8, 4) is 11.5 Å². The quantitative estimate of drug-likeness (QED) is 0.119. The van der Waals surface area contributed by atoms with E-state index in [0.29, 0.717) is 22.4 Å². The molecule has 0 aliphatic heterocycles. The van der Waals surface area contributed by atoms with Gasteiger partial charge in [-0.15, -0.1) is 10.2 Å². The Morgan fingerprint density at radius 1 is 1.00 bits per heavy atom. The van der Waals surface area contributed by atoms with E-state index in [9.17, 15) is 4.79 Å². The first-order chi connectivity index (χ1) is 18.8. The average molecular weight is 586 g/mol. The van der Waals surface area contributed by atoms with E-state index in [1.54, 1.807) is 24.4 Å². The number of hydrazone groups is 1. The monoisotopic (exact) mass is 584 g/mol. The molecule has 4 aromatic rings. The summed E-state index contributed by atoms with van der Waals surface area (Å²) in [5.74, 6) is 1.18. The average Bonchev–Trinajstić information content (AvgIpc) is 3.35. The molecule has 3 aromatic carbocycles. The Balaban J connectivity index is 1.18. The molecule has 1 amide bonds. The van der Waals surface area contributed by atoms with Crippen LogP contribution in [0.1, 0.15) is 33.7 Å². The van der Waals surface area contributed by atoms with Crippen molar-refractivity contribution in [2.75, 3.05) is 5.75 Å². The normalized spacial score (nSPS) is 11.1. The second-order valence-electron chi connectivity index (χ2n) is 8.64. The summed E-state index contributed by atoms with van der Waals surface area (Å²) in [6, 6.07) is 16.7. The minimum Gasteiger partial charge on any atom is -0.489 e. The maximum absolute atomic E-state index is 12.1. The lowest BCUT2D eigenvalue weighted by Crippen LogP contribution is -2.19. The maximum Gasteiger partial charge on any atom is 0.277 e. The van der Waals surface area contributed by atoms with Crippen LogP contribution in [0.5, 0.6) is 11.5 Å². The van der Waals surface area contributed by atoms with Crippen LogP contribution in [-0.4, -0.2) is 28.1 Å². The maximum atomic E-state index is 12.1. The van der Waals surface area contributed by atoms with Crippen LogP contribution < -0.4 is 14.9 Å². The second-order valence-corrected chi connectivity index (χ2v) is 10.4. The Morgan fingerprint density at radius 3 is 2.46 bits per heavy atom. The Bertz CT molecular complexity index is 1450. The van der Waals surface area contributed by atoms with Gasteiger partial charge in [-0.3, -0.25) is 4.79 Å². The first kappa shape index (κ1) is 28.5. The third-order valence-electron chi connectivity index (χ3n) is 5.53. The van der Waals surface area contributed by atoms with Crippen molar-refractivity contribution >= 4 is 47.1 Å². The Hall–Kier alpha value is -3.53. The number of ether oxygens (including phenoxy) is 2. The van der Waals surface area contributed by atoms with Gasteiger partial charge in [0.25, 0.3) is 17.0 Å². The highest BCUT2D eigenvalue weighted by atomic mass is 35.5. The van der Waals surface area contributed by atoms with Gasteiger partial charge in [-0.05, 0) is 85.5 Å². The van der Waals surface area contributed by atoms with Crippen LogP contribution in [0.3, 0.4) is 0 Å². The lowest BCUT2D eigenvalue weighted by Gasteiger charge is -2.13. The minimum absolute atomic E-state index is 0.0282. The van der Waals surface area contributed by atoms with Crippen molar-refractivity contribution < 1.29 is 18.7 Å². The second kappa shape index (κ2) is 13.5. The highest BCUT2D eigenvalue weighted by molar-refractivity contribution is 7.99. The lowest BCUT2D eigenvalue weighted by atomic mass is 10.0. The third kappa shape index (κ3) is 8.48. The van der Waals surface area contributed by atoms with Gasteiger partial charge in [0.2, 0.25) is 0 Å². The van der Waals surface area contributed by atoms with E-state index in [-0.39, 0.29) is 29.4 Å². The van der Waals surface area contributed by atoms with Crippen LogP contribution in [0.25, 0.3) is 0 Å². The zero-order valence-electron chi connectivity index (χ0n) is 21.5. The fourth-order valence-corrected chi connectivity index (χ4v) is 4.70. The predicted molar refractivity (Wildman–Crippen MR) is 153 cm³/mol. The Kier molecular flexibility index (Phi) is 9.86. The van der Waals surface area contributed by atoms with Gasteiger partial charge in [0.1, 0.15) is 18.1 Å². The number of aromatic nitrogens is 2. The first-order valence-corrected chi connectivity index (χ1v) is 13.7. The smallest absolute Gasteiger partial charge is 0.277 e. The molecule has 8 nitrogen and oxygen atoms in total. The number of amides is 1. The van der Waals surface area contributed by atoms with E-state index >= 15 is 0 Å². The lowest BCUT2D eigenvalue weighted by molar-refractivity contribution is -0.118. The molecule has 0 saturated carbocycles. The summed E-state index contributed by atoms with van der Waals surface area (Å²) in [4.78, 5) is 12.1. The molecule has 4 rings (SSSR count). The van der Waals surface area contributed by atoms with Gasteiger partial charge in [-0.25, -0.2) is 5.43 Å². The van der Waals surface area contributed by atoms with Gasteiger partial charge < -0.3 is 13.9 Å². The molecule has 0 spiro atoms. The van der Waals surface area contributed by atoms with Gasteiger partial charge in [0, 0.05) is 5.02 Å². The zero-order chi connectivity index (χ0) is 27.8. The van der Waals surface area contributed by atoms with E-state index in [1.165, 1.54) is 22.3 Å². The molecule has 202 valence electrons. The van der Waals surface area contributed by atoms with Crippen LogP contribution in [0.2, 0.25) is 10.0 Å². The molecule has 0 unspecified atom stereocenters. The number of halogens is 2. The van der Waals surface area contributed by atoms with Gasteiger partial charge in [0.15, 0.2) is 6.61 Å². The molecule has 1 N–H and O–H groups in total. The topological polar surface area (TPSA) is 98.8 Å². The molecule has 1 heterocycles. The van der Waals surface area contributed by atoms with Crippen molar-refractivity contribution in [2.24, 2.45) is 5.10 Å². The Labute approximate surface area is 240 Å². The highest BCUT2D eigenvalue weighted by Gasteiger charge is 2.11. The van der Waals surface area contributed by atoms with Crippen molar-refractivity contribution in [3.63, 3.8) is 0 Å². The number of thioether (sulfide) groups is 1. The van der Waals surface area contributed by atoms with Crippen LogP contribution in [0.15, 0.2) is 69.3 Å². The van der Waals surface area contributed by atoms with Crippen LogP contribution in [0, 0.1) is 20.8 Å². The summed E-state index contributed by atoms with van der Waals surface area (Å²) >= 11 is 13.0. The molecule has 0 fully saturated rings. The summed E-state index contributed by atoms with van der Waals surface area (Å²) < 4.78 is 17.0. The van der Waals surface area contributed by atoms with Crippen LogP contribution >= 0.6 is 35.0 Å². The summed E-state index contributed by atoms with van der Waals surface area (Å²) in [7, 11) is 0. The number of hydrogen-bond acceptors (Lipinski definition) is 8. The summed E-state index contributed by atoms with van der Waals surface area (Å²) in [6.45, 7) is 6.82. The number of benzene rings is 3. The molecule has 0 bridgehead atoms. The standard InChI is InChI=1S/C28H26Cl2N4O4S/c1-17-10-18(2)23(19(3)11-17)14-36-22-7-4-20(5-8-22)13-31-32-26(35)16-39-28-34-33-27(38-28)15-37-25-9-6-21(29)12-24(25)30/h4-13H,14-16H2,1-3H3,(H,32,35)/b31-13-. The van der Waals surface area contributed by atoms with Crippen LogP contribution in [0.4, 0.5) is 0 Å². The fourth-order valence-electron chi connectivity index (χ4n) is 3.67. The van der Waals surface area contributed by atoms with E-state index in [2.05, 4.69) is 53.6 Å². The molecule has 0 atom stereocenters. The zero-order valence-corrected chi connectivity index (χ0v) is 23.9. The van der Waals surface area contributed by atoms with Crippen LogP contribution in [-0.2, 0) is 18.0 Å². The number of nitrogens with one attached hydrogen (secondary N) is 1. The predicted octanol–water partition coefficient (Wildman–Crippen LogP) is 6.70. The van der Waals surface area contributed by atoms with E-state index in [4.69, 9.17) is 37.1 Å².